The Bertz CT molecular complexity index is 523. The molecule has 0 spiro atoms. The Kier molecular flexibility index (Phi) is 4.93. The van der Waals surface area contributed by atoms with Crippen LogP contribution in [0.5, 0.6) is 0 Å². The van der Waals surface area contributed by atoms with Crippen LogP contribution in [0.3, 0.4) is 0 Å². The molecule has 1 heterocycles. The minimum Gasteiger partial charge on any atom is -0.379 e. The molecule has 0 bridgehead atoms. The standard InChI is InChI=1S/C15H18BrN3/c1-19(2)11-12-6-8-13(9-7-12)17-10-14-4-3-5-15(16)18-14/h3-9,17H,10-11H2,1-2H3. The van der Waals surface area contributed by atoms with E-state index < -0.39 is 0 Å². The van der Waals surface area contributed by atoms with Gasteiger partial charge in [-0.15, -0.1) is 0 Å². The zero-order valence-electron chi connectivity index (χ0n) is 11.2. The highest BCUT2D eigenvalue weighted by Gasteiger charge is 1.98. The predicted octanol–water partition coefficient (Wildman–Crippen LogP) is 3.52. The summed E-state index contributed by atoms with van der Waals surface area (Å²) >= 11 is 3.38. The third kappa shape index (κ3) is 4.65. The maximum Gasteiger partial charge on any atom is 0.106 e. The van der Waals surface area contributed by atoms with Gasteiger partial charge in [0.25, 0.3) is 0 Å². The van der Waals surface area contributed by atoms with Gasteiger partial charge in [0.2, 0.25) is 0 Å². The van der Waals surface area contributed by atoms with Crippen LogP contribution in [0.2, 0.25) is 0 Å². The van der Waals surface area contributed by atoms with Crippen LogP contribution in [0, 0.1) is 0 Å². The fourth-order valence-corrected chi connectivity index (χ4v) is 2.21. The average Bonchev–Trinajstić information content (AvgIpc) is 2.37. The molecule has 0 aliphatic rings. The molecule has 4 heteroatoms. The predicted molar refractivity (Wildman–Crippen MR) is 83.1 cm³/mol. The van der Waals surface area contributed by atoms with Crippen molar-refractivity contribution in [2.24, 2.45) is 0 Å². The van der Waals surface area contributed by atoms with Gasteiger partial charge in [-0.25, -0.2) is 4.98 Å². The lowest BCUT2D eigenvalue weighted by Crippen LogP contribution is -2.10. The van der Waals surface area contributed by atoms with E-state index in [1.165, 1.54) is 5.56 Å². The van der Waals surface area contributed by atoms with Crippen molar-refractivity contribution in [1.29, 1.82) is 0 Å². The van der Waals surface area contributed by atoms with Gasteiger partial charge >= 0.3 is 0 Å². The lowest BCUT2D eigenvalue weighted by atomic mass is 10.2. The van der Waals surface area contributed by atoms with Crippen LogP contribution in [0.4, 0.5) is 5.69 Å². The quantitative estimate of drug-likeness (QED) is 0.855. The Balaban J connectivity index is 1.93. The summed E-state index contributed by atoms with van der Waals surface area (Å²) in [6, 6.07) is 14.5. The van der Waals surface area contributed by atoms with Crippen molar-refractivity contribution < 1.29 is 0 Å². The number of rotatable bonds is 5. The summed E-state index contributed by atoms with van der Waals surface area (Å²) in [4.78, 5) is 6.55. The molecule has 2 aromatic rings. The first-order chi connectivity index (χ1) is 9.13. The lowest BCUT2D eigenvalue weighted by Gasteiger charge is -2.11. The Morgan fingerprint density at radius 2 is 1.84 bits per heavy atom. The third-order valence-electron chi connectivity index (χ3n) is 2.70. The zero-order valence-corrected chi connectivity index (χ0v) is 12.8. The van der Waals surface area contributed by atoms with Crippen LogP contribution in [-0.4, -0.2) is 24.0 Å². The van der Waals surface area contributed by atoms with Crippen LogP contribution < -0.4 is 5.32 Å². The molecule has 0 radical (unpaired) electrons. The molecule has 0 amide bonds. The van der Waals surface area contributed by atoms with E-state index in [-0.39, 0.29) is 0 Å². The number of hydrogen-bond acceptors (Lipinski definition) is 3. The highest BCUT2D eigenvalue weighted by Crippen LogP contribution is 2.12. The first-order valence-corrected chi connectivity index (χ1v) is 7.02. The SMILES string of the molecule is CN(C)Cc1ccc(NCc2cccc(Br)n2)cc1. The van der Waals surface area contributed by atoms with Gasteiger partial charge in [-0.2, -0.15) is 0 Å². The molecule has 1 aromatic heterocycles. The van der Waals surface area contributed by atoms with E-state index in [9.17, 15) is 0 Å². The molecule has 0 aliphatic carbocycles. The second kappa shape index (κ2) is 6.68. The van der Waals surface area contributed by atoms with Gasteiger partial charge in [0.05, 0.1) is 12.2 Å². The number of pyridine rings is 1. The summed E-state index contributed by atoms with van der Waals surface area (Å²) in [5.41, 5.74) is 3.45. The smallest absolute Gasteiger partial charge is 0.106 e. The number of halogens is 1. The van der Waals surface area contributed by atoms with E-state index in [2.05, 4.69) is 69.5 Å². The van der Waals surface area contributed by atoms with Gasteiger partial charge in [-0.05, 0) is 59.9 Å². The molecular weight excluding hydrogens is 302 g/mol. The molecule has 19 heavy (non-hydrogen) atoms. The third-order valence-corrected chi connectivity index (χ3v) is 3.14. The van der Waals surface area contributed by atoms with Crippen LogP contribution in [0.15, 0.2) is 47.1 Å². The van der Waals surface area contributed by atoms with Crippen molar-refractivity contribution in [1.82, 2.24) is 9.88 Å². The summed E-state index contributed by atoms with van der Waals surface area (Å²) in [6.45, 7) is 1.69. The first-order valence-electron chi connectivity index (χ1n) is 6.22. The number of hydrogen-bond donors (Lipinski definition) is 1. The van der Waals surface area contributed by atoms with E-state index in [1.807, 2.05) is 18.2 Å². The van der Waals surface area contributed by atoms with Gasteiger partial charge < -0.3 is 10.2 Å². The normalized spacial score (nSPS) is 10.7. The van der Waals surface area contributed by atoms with Gasteiger partial charge in [-0.1, -0.05) is 18.2 Å². The van der Waals surface area contributed by atoms with Crippen LogP contribution in [0.25, 0.3) is 0 Å². The average molecular weight is 320 g/mol. The summed E-state index contributed by atoms with van der Waals surface area (Å²) in [6.07, 6.45) is 0. The summed E-state index contributed by atoms with van der Waals surface area (Å²) in [7, 11) is 4.15. The molecule has 0 fully saturated rings. The molecule has 2 rings (SSSR count). The fraction of sp³-hybridized carbons (Fsp3) is 0.267. The Morgan fingerprint density at radius 1 is 1.11 bits per heavy atom. The van der Waals surface area contributed by atoms with Gasteiger partial charge in [0.15, 0.2) is 0 Å². The molecule has 0 saturated heterocycles. The second-order valence-electron chi connectivity index (χ2n) is 4.74. The van der Waals surface area contributed by atoms with Crippen molar-refractivity contribution in [3.05, 3.63) is 58.3 Å². The van der Waals surface area contributed by atoms with Crippen LogP contribution in [-0.2, 0) is 13.1 Å². The van der Waals surface area contributed by atoms with Gasteiger partial charge in [0, 0.05) is 12.2 Å². The van der Waals surface area contributed by atoms with Crippen molar-refractivity contribution in [3.63, 3.8) is 0 Å². The minimum atomic E-state index is 0.729. The topological polar surface area (TPSA) is 28.2 Å². The highest BCUT2D eigenvalue weighted by atomic mass is 79.9. The fourth-order valence-electron chi connectivity index (χ4n) is 1.83. The van der Waals surface area contributed by atoms with E-state index in [0.717, 1.165) is 29.1 Å². The van der Waals surface area contributed by atoms with E-state index in [0.29, 0.717) is 0 Å². The van der Waals surface area contributed by atoms with E-state index in [4.69, 9.17) is 0 Å². The van der Waals surface area contributed by atoms with Gasteiger partial charge in [-0.3, -0.25) is 0 Å². The molecule has 0 aliphatic heterocycles. The Labute approximate surface area is 122 Å². The maximum absolute atomic E-state index is 4.39. The summed E-state index contributed by atoms with van der Waals surface area (Å²) in [5.74, 6) is 0. The zero-order chi connectivity index (χ0) is 13.7. The van der Waals surface area contributed by atoms with E-state index in [1.54, 1.807) is 0 Å². The second-order valence-corrected chi connectivity index (χ2v) is 5.55. The molecule has 1 aromatic carbocycles. The highest BCUT2D eigenvalue weighted by molar-refractivity contribution is 9.10. The van der Waals surface area contributed by atoms with Crippen molar-refractivity contribution in [2.45, 2.75) is 13.1 Å². The Hall–Kier alpha value is -1.39. The Morgan fingerprint density at radius 3 is 2.47 bits per heavy atom. The summed E-state index contributed by atoms with van der Waals surface area (Å²) in [5, 5.41) is 3.37. The van der Waals surface area contributed by atoms with Crippen LogP contribution >= 0.6 is 15.9 Å². The molecular formula is C15H18BrN3. The molecule has 100 valence electrons. The summed E-state index contributed by atoms with van der Waals surface area (Å²) < 4.78 is 0.869. The molecule has 0 saturated carbocycles. The molecule has 0 atom stereocenters. The number of nitrogens with one attached hydrogen (secondary N) is 1. The van der Waals surface area contributed by atoms with Crippen LogP contribution in [0.1, 0.15) is 11.3 Å². The van der Waals surface area contributed by atoms with Crippen molar-refractivity contribution in [2.75, 3.05) is 19.4 Å². The van der Waals surface area contributed by atoms with Crippen molar-refractivity contribution >= 4 is 21.6 Å². The van der Waals surface area contributed by atoms with E-state index >= 15 is 0 Å². The number of nitrogens with zero attached hydrogens (tertiary/aromatic N) is 2. The maximum atomic E-state index is 4.39. The number of benzene rings is 1. The lowest BCUT2D eigenvalue weighted by molar-refractivity contribution is 0.402. The number of aromatic nitrogens is 1. The minimum absolute atomic E-state index is 0.729. The molecule has 3 nitrogen and oxygen atoms in total. The molecule has 1 N–H and O–H groups in total. The number of anilines is 1. The van der Waals surface area contributed by atoms with Crippen molar-refractivity contribution in [3.8, 4) is 0 Å². The largest absolute Gasteiger partial charge is 0.379 e. The first kappa shape index (κ1) is 14.0. The molecule has 0 unspecified atom stereocenters. The monoisotopic (exact) mass is 319 g/mol. The van der Waals surface area contributed by atoms with Gasteiger partial charge in [0.1, 0.15) is 4.60 Å².